The van der Waals surface area contributed by atoms with Crippen molar-refractivity contribution in [3.8, 4) is 0 Å². The second kappa shape index (κ2) is 6.50. The summed E-state index contributed by atoms with van der Waals surface area (Å²) < 4.78 is 4.84. The van der Waals surface area contributed by atoms with Gasteiger partial charge in [-0.25, -0.2) is 0 Å². The Kier molecular flexibility index (Phi) is 5.25. The highest BCUT2D eigenvalue weighted by Gasteiger charge is 2.07. The number of hydrogen-bond donors (Lipinski definition) is 2. The lowest BCUT2D eigenvalue weighted by Gasteiger charge is -2.16. The topological polar surface area (TPSA) is 54.4 Å². The van der Waals surface area contributed by atoms with Crippen molar-refractivity contribution in [2.24, 2.45) is 0 Å². The molecule has 0 amide bonds. The van der Waals surface area contributed by atoms with E-state index < -0.39 is 6.10 Å². The van der Waals surface area contributed by atoms with E-state index in [1.165, 1.54) is 0 Å². The summed E-state index contributed by atoms with van der Waals surface area (Å²) in [4.78, 5) is 4.04. The largest absolute Gasteiger partial charge is 0.389 e. The zero-order chi connectivity index (χ0) is 11.1. The minimum absolute atomic E-state index is 0.185. The molecule has 0 aromatic carbocycles. The first-order valence-corrected chi connectivity index (χ1v) is 5.04. The highest BCUT2D eigenvalue weighted by atomic mass is 16.5. The fraction of sp³-hybridized carbons (Fsp3) is 0.545. The van der Waals surface area contributed by atoms with E-state index in [1.54, 1.807) is 13.3 Å². The molecule has 0 spiro atoms. The molecule has 0 saturated heterocycles. The number of aliphatic hydroxyl groups excluding tert-OH is 1. The molecule has 1 aromatic rings. The van der Waals surface area contributed by atoms with Gasteiger partial charge in [0.2, 0.25) is 0 Å². The number of nitrogens with one attached hydrogen (secondary N) is 1. The van der Waals surface area contributed by atoms with Crippen LogP contribution in [0.25, 0.3) is 0 Å². The van der Waals surface area contributed by atoms with E-state index in [0.29, 0.717) is 13.2 Å². The van der Waals surface area contributed by atoms with Crippen LogP contribution in [-0.4, -0.2) is 36.5 Å². The molecule has 2 unspecified atom stereocenters. The highest BCUT2D eigenvalue weighted by Crippen LogP contribution is 2.09. The maximum atomic E-state index is 9.44. The van der Waals surface area contributed by atoms with Crippen molar-refractivity contribution in [2.45, 2.75) is 19.1 Å². The highest BCUT2D eigenvalue weighted by molar-refractivity contribution is 5.12. The van der Waals surface area contributed by atoms with Gasteiger partial charge < -0.3 is 15.2 Å². The molecule has 4 nitrogen and oxygen atoms in total. The quantitative estimate of drug-likeness (QED) is 0.727. The van der Waals surface area contributed by atoms with Crippen LogP contribution in [0.1, 0.15) is 18.5 Å². The molecule has 0 fully saturated rings. The van der Waals surface area contributed by atoms with Crippen molar-refractivity contribution < 1.29 is 9.84 Å². The second-order valence-electron chi connectivity index (χ2n) is 3.53. The van der Waals surface area contributed by atoms with Crippen LogP contribution in [0.3, 0.4) is 0 Å². The van der Waals surface area contributed by atoms with E-state index in [2.05, 4.69) is 10.3 Å². The average molecular weight is 210 g/mol. The Morgan fingerprint density at radius 2 is 2.40 bits per heavy atom. The number of ether oxygens (including phenoxy) is 1. The van der Waals surface area contributed by atoms with E-state index in [1.807, 2.05) is 25.3 Å². The first kappa shape index (κ1) is 12.1. The number of hydrogen-bond acceptors (Lipinski definition) is 4. The van der Waals surface area contributed by atoms with Crippen LogP contribution >= 0.6 is 0 Å². The van der Waals surface area contributed by atoms with Crippen LogP contribution in [0.15, 0.2) is 24.5 Å². The maximum Gasteiger partial charge on any atom is 0.0897 e. The SMILES string of the molecule is COCC(O)CNC(C)c1cccnc1. The summed E-state index contributed by atoms with van der Waals surface area (Å²) >= 11 is 0. The standard InChI is InChI=1S/C11H18N2O2/c1-9(10-4-3-5-12-6-10)13-7-11(14)8-15-2/h3-6,9,11,13-14H,7-8H2,1-2H3. The Morgan fingerprint density at radius 1 is 1.60 bits per heavy atom. The third kappa shape index (κ3) is 4.38. The van der Waals surface area contributed by atoms with Gasteiger partial charge in [0.25, 0.3) is 0 Å². The summed E-state index contributed by atoms with van der Waals surface area (Å²) in [5.41, 5.74) is 1.11. The smallest absolute Gasteiger partial charge is 0.0897 e. The fourth-order valence-corrected chi connectivity index (χ4v) is 1.31. The van der Waals surface area contributed by atoms with Crippen LogP contribution < -0.4 is 5.32 Å². The predicted molar refractivity (Wildman–Crippen MR) is 58.5 cm³/mol. The van der Waals surface area contributed by atoms with Crippen molar-refractivity contribution in [1.29, 1.82) is 0 Å². The first-order valence-electron chi connectivity index (χ1n) is 5.04. The Bertz CT molecular complexity index is 267. The lowest BCUT2D eigenvalue weighted by molar-refractivity contribution is 0.0630. The minimum atomic E-state index is -0.464. The third-order valence-corrected chi connectivity index (χ3v) is 2.20. The van der Waals surface area contributed by atoms with Crippen LogP contribution in [0.5, 0.6) is 0 Å². The summed E-state index contributed by atoms with van der Waals surface area (Å²) in [6, 6.07) is 4.09. The van der Waals surface area contributed by atoms with Crippen molar-refractivity contribution in [2.75, 3.05) is 20.3 Å². The summed E-state index contributed by atoms with van der Waals surface area (Å²) in [6.07, 6.45) is 3.10. The zero-order valence-electron chi connectivity index (χ0n) is 9.18. The van der Waals surface area contributed by atoms with Gasteiger partial charge in [0.15, 0.2) is 0 Å². The molecule has 0 radical (unpaired) electrons. The number of pyridine rings is 1. The molecular weight excluding hydrogens is 192 g/mol. The molecule has 2 N–H and O–H groups in total. The number of nitrogens with zero attached hydrogens (tertiary/aromatic N) is 1. The van der Waals surface area contributed by atoms with Gasteiger partial charge in [-0.05, 0) is 18.6 Å². The molecule has 1 aromatic heterocycles. The van der Waals surface area contributed by atoms with Crippen LogP contribution in [0, 0.1) is 0 Å². The summed E-state index contributed by atoms with van der Waals surface area (Å²) in [5.74, 6) is 0. The molecule has 84 valence electrons. The third-order valence-electron chi connectivity index (χ3n) is 2.20. The van der Waals surface area contributed by atoms with Crippen molar-refractivity contribution in [1.82, 2.24) is 10.3 Å². The van der Waals surface area contributed by atoms with Gasteiger partial charge in [0.1, 0.15) is 0 Å². The van der Waals surface area contributed by atoms with Crippen LogP contribution in [-0.2, 0) is 4.74 Å². The molecular formula is C11H18N2O2. The van der Waals surface area contributed by atoms with E-state index in [9.17, 15) is 5.11 Å². The molecule has 0 aliphatic heterocycles. The Labute approximate surface area is 90.3 Å². The molecule has 0 aliphatic rings. The van der Waals surface area contributed by atoms with Gasteiger partial charge in [-0.1, -0.05) is 6.07 Å². The summed E-state index contributed by atoms with van der Waals surface area (Å²) in [7, 11) is 1.58. The molecule has 0 saturated carbocycles. The predicted octanol–water partition coefficient (Wildman–Crippen LogP) is 0.739. The minimum Gasteiger partial charge on any atom is -0.389 e. The number of aromatic nitrogens is 1. The normalized spacial score (nSPS) is 14.9. The Morgan fingerprint density at radius 3 is 3.00 bits per heavy atom. The first-order chi connectivity index (χ1) is 7.24. The molecule has 15 heavy (non-hydrogen) atoms. The van der Waals surface area contributed by atoms with Crippen molar-refractivity contribution in [3.05, 3.63) is 30.1 Å². The fourth-order valence-electron chi connectivity index (χ4n) is 1.31. The molecule has 2 atom stereocenters. The van der Waals surface area contributed by atoms with E-state index in [0.717, 1.165) is 5.56 Å². The number of methoxy groups -OCH3 is 1. The second-order valence-corrected chi connectivity index (χ2v) is 3.53. The number of aliphatic hydroxyl groups is 1. The molecule has 1 heterocycles. The molecule has 0 aliphatic carbocycles. The lowest BCUT2D eigenvalue weighted by Crippen LogP contribution is -2.31. The van der Waals surface area contributed by atoms with Gasteiger partial charge in [-0.3, -0.25) is 4.98 Å². The Hall–Kier alpha value is -0.970. The van der Waals surface area contributed by atoms with Crippen LogP contribution in [0.2, 0.25) is 0 Å². The van der Waals surface area contributed by atoms with Gasteiger partial charge in [0.05, 0.1) is 12.7 Å². The summed E-state index contributed by atoms with van der Waals surface area (Å²) in [6.45, 7) is 2.91. The zero-order valence-corrected chi connectivity index (χ0v) is 9.18. The molecule has 1 rings (SSSR count). The molecule has 0 bridgehead atoms. The maximum absolute atomic E-state index is 9.44. The van der Waals surface area contributed by atoms with Crippen molar-refractivity contribution in [3.63, 3.8) is 0 Å². The van der Waals surface area contributed by atoms with Crippen molar-refractivity contribution >= 4 is 0 Å². The van der Waals surface area contributed by atoms with E-state index in [4.69, 9.17) is 4.74 Å². The van der Waals surface area contributed by atoms with Gasteiger partial charge in [-0.15, -0.1) is 0 Å². The monoisotopic (exact) mass is 210 g/mol. The number of rotatable bonds is 6. The lowest BCUT2D eigenvalue weighted by atomic mass is 10.1. The average Bonchev–Trinajstić information content (AvgIpc) is 2.27. The van der Waals surface area contributed by atoms with Gasteiger partial charge in [-0.2, -0.15) is 0 Å². The van der Waals surface area contributed by atoms with Gasteiger partial charge >= 0.3 is 0 Å². The van der Waals surface area contributed by atoms with Crippen LogP contribution in [0.4, 0.5) is 0 Å². The van der Waals surface area contributed by atoms with E-state index in [-0.39, 0.29) is 6.04 Å². The van der Waals surface area contributed by atoms with E-state index >= 15 is 0 Å². The Balaban J connectivity index is 2.33. The summed E-state index contributed by atoms with van der Waals surface area (Å²) in [5, 5.41) is 12.7. The molecule has 4 heteroatoms. The van der Waals surface area contributed by atoms with Gasteiger partial charge in [0, 0.05) is 32.1 Å².